The molecule has 106 valence electrons. The number of rotatable bonds is 6. The van der Waals surface area contributed by atoms with Crippen LogP contribution in [0.25, 0.3) is 0 Å². The molecule has 0 aliphatic heterocycles. The minimum absolute atomic E-state index is 0.200. The molecule has 2 aromatic rings. The Morgan fingerprint density at radius 1 is 1.00 bits per heavy atom. The molecule has 7 nitrogen and oxygen atoms in total. The van der Waals surface area contributed by atoms with E-state index in [2.05, 4.69) is 20.3 Å². The second kappa shape index (κ2) is 6.67. The van der Waals surface area contributed by atoms with Crippen molar-refractivity contribution in [3.8, 4) is 12.0 Å². The summed E-state index contributed by atoms with van der Waals surface area (Å²) < 4.78 is 9.98. The van der Waals surface area contributed by atoms with Gasteiger partial charge in [0.2, 0.25) is 5.95 Å². The maximum absolute atomic E-state index is 5.70. The van der Waals surface area contributed by atoms with Crippen LogP contribution in [0, 0.1) is 0 Å². The van der Waals surface area contributed by atoms with E-state index in [-0.39, 0.29) is 12.0 Å². The lowest BCUT2D eigenvalue weighted by atomic mass is 10.1. The molecule has 0 saturated heterocycles. The number of hydrogen-bond donors (Lipinski definition) is 2. The van der Waals surface area contributed by atoms with Gasteiger partial charge in [-0.2, -0.15) is 9.97 Å². The van der Waals surface area contributed by atoms with Crippen LogP contribution in [0.2, 0.25) is 0 Å². The fourth-order valence-electron chi connectivity index (χ4n) is 1.70. The fraction of sp³-hybridized carbons (Fsp3) is 0.308. The summed E-state index contributed by atoms with van der Waals surface area (Å²) in [6, 6.07) is 8.32. The van der Waals surface area contributed by atoms with Crippen molar-refractivity contribution < 1.29 is 9.47 Å². The normalized spacial score (nSPS) is 10.2. The smallest absolute Gasteiger partial charge is 0.324 e. The highest BCUT2D eigenvalue weighted by Gasteiger charge is 2.07. The lowest BCUT2D eigenvalue weighted by molar-refractivity contribution is 0.341. The maximum atomic E-state index is 5.70. The largest absolute Gasteiger partial charge is 0.467 e. The lowest BCUT2D eigenvalue weighted by Gasteiger charge is -2.10. The number of benzene rings is 1. The molecular weight excluding hydrogens is 258 g/mol. The summed E-state index contributed by atoms with van der Waals surface area (Å²) in [6.07, 6.45) is 0. The summed E-state index contributed by atoms with van der Waals surface area (Å²) >= 11 is 0. The van der Waals surface area contributed by atoms with Crippen molar-refractivity contribution in [2.24, 2.45) is 5.73 Å². The minimum Gasteiger partial charge on any atom is -0.467 e. The first-order valence-electron chi connectivity index (χ1n) is 6.11. The molecule has 0 bridgehead atoms. The third kappa shape index (κ3) is 3.33. The molecule has 0 fully saturated rings. The van der Waals surface area contributed by atoms with Gasteiger partial charge in [0.15, 0.2) is 0 Å². The summed E-state index contributed by atoms with van der Waals surface area (Å²) in [5, 5.41) is 3.11. The van der Waals surface area contributed by atoms with Gasteiger partial charge in [-0.15, -0.1) is 4.98 Å². The summed E-state index contributed by atoms with van der Waals surface area (Å²) in [5.74, 6) is 0.389. The number of nitrogens with two attached hydrogens (primary N) is 1. The number of ether oxygens (including phenoxy) is 2. The fourth-order valence-corrected chi connectivity index (χ4v) is 1.70. The van der Waals surface area contributed by atoms with Gasteiger partial charge in [-0.25, -0.2) is 0 Å². The lowest BCUT2D eigenvalue weighted by Crippen LogP contribution is -2.09. The van der Waals surface area contributed by atoms with Gasteiger partial charge in [0.1, 0.15) is 0 Å². The Balaban J connectivity index is 2.14. The maximum Gasteiger partial charge on any atom is 0.324 e. The molecule has 0 unspecified atom stereocenters. The molecule has 1 aromatic heterocycles. The Morgan fingerprint density at radius 3 is 2.15 bits per heavy atom. The molecular formula is C13H17N5O2. The van der Waals surface area contributed by atoms with E-state index in [4.69, 9.17) is 15.2 Å². The first kappa shape index (κ1) is 14.0. The zero-order chi connectivity index (χ0) is 14.4. The van der Waals surface area contributed by atoms with E-state index in [1.807, 2.05) is 24.3 Å². The molecule has 0 amide bonds. The SMILES string of the molecule is COc1nc(NCc2ccccc2CN)nc(OC)n1. The van der Waals surface area contributed by atoms with Crippen LogP contribution in [-0.2, 0) is 13.1 Å². The second-order valence-corrected chi connectivity index (χ2v) is 3.96. The van der Waals surface area contributed by atoms with Gasteiger partial charge in [0.25, 0.3) is 0 Å². The van der Waals surface area contributed by atoms with Gasteiger partial charge < -0.3 is 20.5 Å². The zero-order valence-electron chi connectivity index (χ0n) is 11.5. The van der Waals surface area contributed by atoms with Crippen LogP contribution in [0.4, 0.5) is 5.95 Å². The molecule has 0 aliphatic carbocycles. The first-order valence-corrected chi connectivity index (χ1v) is 6.11. The van der Waals surface area contributed by atoms with Gasteiger partial charge in [-0.3, -0.25) is 0 Å². The van der Waals surface area contributed by atoms with Gasteiger partial charge in [-0.05, 0) is 11.1 Å². The van der Waals surface area contributed by atoms with Crippen molar-refractivity contribution in [1.82, 2.24) is 15.0 Å². The number of anilines is 1. The molecule has 0 aliphatic rings. The van der Waals surface area contributed by atoms with Gasteiger partial charge in [0, 0.05) is 13.1 Å². The quantitative estimate of drug-likeness (QED) is 0.810. The van der Waals surface area contributed by atoms with Crippen molar-refractivity contribution in [2.45, 2.75) is 13.1 Å². The number of hydrogen-bond acceptors (Lipinski definition) is 7. The third-order valence-corrected chi connectivity index (χ3v) is 2.73. The predicted octanol–water partition coefficient (Wildman–Crippen LogP) is 0.960. The van der Waals surface area contributed by atoms with Crippen LogP contribution >= 0.6 is 0 Å². The molecule has 0 radical (unpaired) electrons. The van der Waals surface area contributed by atoms with E-state index in [0.717, 1.165) is 11.1 Å². The number of nitrogens with one attached hydrogen (secondary N) is 1. The zero-order valence-corrected chi connectivity index (χ0v) is 11.5. The number of methoxy groups -OCH3 is 2. The number of aromatic nitrogens is 3. The highest BCUT2D eigenvalue weighted by atomic mass is 16.5. The molecule has 1 heterocycles. The van der Waals surface area contributed by atoms with Crippen molar-refractivity contribution in [2.75, 3.05) is 19.5 Å². The van der Waals surface area contributed by atoms with Gasteiger partial charge >= 0.3 is 12.0 Å². The third-order valence-electron chi connectivity index (χ3n) is 2.73. The van der Waals surface area contributed by atoms with Gasteiger partial charge in [0.05, 0.1) is 14.2 Å². The highest BCUT2D eigenvalue weighted by molar-refractivity contribution is 5.33. The minimum atomic E-state index is 0.200. The van der Waals surface area contributed by atoms with Crippen LogP contribution in [-0.4, -0.2) is 29.2 Å². The van der Waals surface area contributed by atoms with E-state index in [1.165, 1.54) is 14.2 Å². The van der Waals surface area contributed by atoms with E-state index in [0.29, 0.717) is 19.0 Å². The topological polar surface area (TPSA) is 95.2 Å². The summed E-state index contributed by atoms with van der Waals surface area (Å²) in [5.41, 5.74) is 7.87. The number of nitrogens with zero attached hydrogens (tertiary/aromatic N) is 3. The van der Waals surface area contributed by atoms with E-state index in [9.17, 15) is 0 Å². The van der Waals surface area contributed by atoms with Crippen molar-refractivity contribution in [1.29, 1.82) is 0 Å². The van der Waals surface area contributed by atoms with Crippen molar-refractivity contribution in [3.63, 3.8) is 0 Å². The molecule has 0 atom stereocenters. The van der Waals surface area contributed by atoms with E-state index in [1.54, 1.807) is 0 Å². The predicted molar refractivity (Wildman–Crippen MR) is 74.6 cm³/mol. The molecule has 0 spiro atoms. The van der Waals surface area contributed by atoms with Crippen LogP contribution < -0.4 is 20.5 Å². The Hall–Kier alpha value is -2.41. The van der Waals surface area contributed by atoms with Crippen LogP contribution in [0.5, 0.6) is 12.0 Å². The van der Waals surface area contributed by atoms with Crippen LogP contribution in [0.15, 0.2) is 24.3 Å². The summed E-state index contributed by atoms with van der Waals surface area (Å²) in [6.45, 7) is 1.05. The van der Waals surface area contributed by atoms with Crippen LogP contribution in [0.1, 0.15) is 11.1 Å². The van der Waals surface area contributed by atoms with Gasteiger partial charge in [-0.1, -0.05) is 24.3 Å². The monoisotopic (exact) mass is 275 g/mol. The molecule has 1 aromatic carbocycles. The molecule has 3 N–H and O–H groups in total. The summed E-state index contributed by atoms with van der Waals surface area (Å²) in [7, 11) is 2.98. The standard InChI is InChI=1S/C13H17N5O2/c1-19-12-16-11(17-13(18-12)20-2)15-8-10-6-4-3-5-9(10)7-14/h3-6H,7-8,14H2,1-2H3,(H,15,16,17,18). The average Bonchev–Trinajstić information content (AvgIpc) is 2.52. The highest BCUT2D eigenvalue weighted by Crippen LogP contribution is 2.14. The first-order chi connectivity index (χ1) is 9.76. The van der Waals surface area contributed by atoms with Crippen LogP contribution in [0.3, 0.4) is 0 Å². The Morgan fingerprint density at radius 2 is 1.60 bits per heavy atom. The Labute approximate surface area is 117 Å². The average molecular weight is 275 g/mol. The second-order valence-electron chi connectivity index (χ2n) is 3.96. The molecule has 7 heteroatoms. The Kier molecular flexibility index (Phi) is 4.67. The van der Waals surface area contributed by atoms with E-state index >= 15 is 0 Å². The Bertz CT molecular complexity index is 554. The summed E-state index contributed by atoms with van der Waals surface area (Å²) in [4.78, 5) is 12.1. The van der Waals surface area contributed by atoms with Crippen molar-refractivity contribution in [3.05, 3.63) is 35.4 Å². The molecule has 20 heavy (non-hydrogen) atoms. The van der Waals surface area contributed by atoms with Crippen molar-refractivity contribution >= 4 is 5.95 Å². The molecule has 0 saturated carbocycles. The van der Waals surface area contributed by atoms with E-state index < -0.39 is 0 Å². The molecule has 2 rings (SSSR count).